The molecule has 1 atom stereocenters. The van der Waals surface area contributed by atoms with Gasteiger partial charge in [-0.25, -0.2) is 14.6 Å². The van der Waals surface area contributed by atoms with Gasteiger partial charge in [-0.05, 0) is 53.2 Å². The van der Waals surface area contributed by atoms with Gasteiger partial charge in [-0.1, -0.05) is 6.07 Å². The lowest BCUT2D eigenvalue weighted by atomic mass is 10.0. The first-order valence-electron chi connectivity index (χ1n) is 8.75. The molecule has 1 aromatic rings. The molecule has 0 aromatic carbocycles. The van der Waals surface area contributed by atoms with Crippen molar-refractivity contribution in [2.75, 3.05) is 6.54 Å². The van der Waals surface area contributed by atoms with Gasteiger partial charge in [0, 0.05) is 0 Å². The number of pyridine rings is 1. The van der Waals surface area contributed by atoms with Crippen LogP contribution in [-0.4, -0.2) is 39.8 Å². The van der Waals surface area contributed by atoms with E-state index in [4.69, 9.17) is 14.7 Å². The standard InChI is InChI=1S/C19H26N4O4/c1-18(2,3)26-16(24)22-14-11-23(17(25)27-19(4,5)6)10-12-7-8-13(9-20)21-15(12)14/h7-8,14H,10-11H2,1-6H3,(H,22,24). The second-order valence-corrected chi connectivity index (χ2v) is 8.41. The summed E-state index contributed by atoms with van der Waals surface area (Å²) in [6.07, 6.45) is -1.10. The summed E-state index contributed by atoms with van der Waals surface area (Å²) in [4.78, 5) is 30.6. The molecule has 0 bridgehead atoms. The van der Waals surface area contributed by atoms with Gasteiger partial charge in [0.05, 0.1) is 24.8 Å². The molecule has 0 spiro atoms. The topological polar surface area (TPSA) is 105 Å². The molecule has 146 valence electrons. The SMILES string of the molecule is CC(C)(C)OC(=O)NC1CN(C(=O)OC(C)(C)C)Cc2ccc(C#N)nc21. The summed E-state index contributed by atoms with van der Waals surface area (Å²) in [5.41, 5.74) is 0.255. The Hall–Kier alpha value is -2.82. The molecule has 2 heterocycles. The van der Waals surface area contributed by atoms with Crippen LogP contribution < -0.4 is 5.32 Å². The van der Waals surface area contributed by atoms with E-state index in [9.17, 15) is 9.59 Å². The molecule has 2 rings (SSSR count). The average molecular weight is 374 g/mol. The van der Waals surface area contributed by atoms with Crippen LogP contribution in [-0.2, 0) is 16.0 Å². The van der Waals surface area contributed by atoms with E-state index in [1.807, 2.05) is 6.07 Å². The van der Waals surface area contributed by atoms with E-state index in [0.717, 1.165) is 5.56 Å². The fourth-order valence-electron chi connectivity index (χ4n) is 2.61. The summed E-state index contributed by atoms with van der Waals surface area (Å²) >= 11 is 0. The maximum atomic E-state index is 12.5. The largest absolute Gasteiger partial charge is 0.444 e. The van der Waals surface area contributed by atoms with E-state index >= 15 is 0 Å². The number of rotatable bonds is 1. The molecule has 1 unspecified atom stereocenters. The lowest BCUT2D eigenvalue weighted by Crippen LogP contribution is -2.47. The van der Waals surface area contributed by atoms with Crippen molar-refractivity contribution in [1.82, 2.24) is 15.2 Å². The van der Waals surface area contributed by atoms with Crippen LogP contribution in [0, 0.1) is 11.3 Å². The Labute approximate surface area is 159 Å². The van der Waals surface area contributed by atoms with Crippen LogP contribution in [0.2, 0.25) is 0 Å². The fraction of sp³-hybridized carbons (Fsp3) is 0.579. The number of fused-ring (bicyclic) bond motifs is 1. The number of amides is 2. The average Bonchev–Trinajstić information content (AvgIpc) is 2.50. The minimum Gasteiger partial charge on any atom is -0.444 e. The minimum atomic E-state index is -0.658. The molecule has 1 aromatic heterocycles. The highest BCUT2D eigenvalue weighted by Gasteiger charge is 2.34. The highest BCUT2D eigenvalue weighted by molar-refractivity contribution is 5.71. The van der Waals surface area contributed by atoms with Gasteiger partial charge < -0.3 is 19.7 Å². The summed E-state index contributed by atoms with van der Waals surface area (Å²) in [6, 6.07) is 4.71. The molecule has 8 nitrogen and oxygen atoms in total. The van der Waals surface area contributed by atoms with Crippen LogP contribution >= 0.6 is 0 Å². The number of carbonyl (C=O) groups excluding carboxylic acids is 2. The van der Waals surface area contributed by atoms with E-state index in [0.29, 0.717) is 5.69 Å². The predicted octanol–water partition coefficient (Wildman–Crippen LogP) is 3.27. The highest BCUT2D eigenvalue weighted by Crippen LogP contribution is 2.27. The molecule has 1 aliphatic heterocycles. The van der Waals surface area contributed by atoms with Gasteiger partial charge in [0.25, 0.3) is 0 Å². The number of alkyl carbamates (subject to hydrolysis) is 1. The molecule has 8 heteroatoms. The van der Waals surface area contributed by atoms with Crippen LogP contribution in [0.1, 0.15) is 64.5 Å². The first-order chi connectivity index (χ1) is 12.4. The number of aromatic nitrogens is 1. The van der Waals surface area contributed by atoms with Gasteiger partial charge in [-0.15, -0.1) is 0 Å². The van der Waals surface area contributed by atoms with Gasteiger partial charge in [0.2, 0.25) is 0 Å². The van der Waals surface area contributed by atoms with Gasteiger partial charge in [-0.2, -0.15) is 5.26 Å². The Morgan fingerprint density at radius 3 is 2.37 bits per heavy atom. The summed E-state index contributed by atoms with van der Waals surface area (Å²) in [5, 5.41) is 11.9. The smallest absolute Gasteiger partial charge is 0.410 e. The lowest BCUT2D eigenvalue weighted by Gasteiger charge is -2.35. The Balaban J connectivity index is 2.28. The molecule has 2 amide bonds. The van der Waals surface area contributed by atoms with E-state index in [2.05, 4.69) is 10.3 Å². The second-order valence-electron chi connectivity index (χ2n) is 8.41. The third-order valence-electron chi connectivity index (χ3n) is 3.56. The van der Waals surface area contributed by atoms with Crippen LogP contribution in [0.15, 0.2) is 12.1 Å². The van der Waals surface area contributed by atoms with Crippen molar-refractivity contribution in [3.05, 3.63) is 29.1 Å². The van der Waals surface area contributed by atoms with Crippen LogP contribution in [0.3, 0.4) is 0 Å². The Morgan fingerprint density at radius 1 is 1.19 bits per heavy atom. The molecule has 1 aliphatic rings. The number of hydrogen-bond acceptors (Lipinski definition) is 6. The van der Waals surface area contributed by atoms with Gasteiger partial charge in [-0.3, -0.25) is 0 Å². The molecule has 27 heavy (non-hydrogen) atoms. The summed E-state index contributed by atoms with van der Waals surface area (Å²) < 4.78 is 10.8. The minimum absolute atomic E-state index is 0.170. The van der Waals surface area contributed by atoms with Crippen LogP contribution in [0.4, 0.5) is 9.59 Å². The normalized spacial score (nSPS) is 16.8. The van der Waals surface area contributed by atoms with Crippen molar-refractivity contribution < 1.29 is 19.1 Å². The quantitative estimate of drug-likeness (QED) is 0.809. The van der Waals surface area contributed by atoms with Crippen molar-refractivity contribution in [1.29, 1.82) is 5.26 Å². The van der Waals surface area contributed by atoms with Crippen molar-refractivity contribution in [3.63, 3.8) is 0 Å². The molecule has 1 N–H and O–H groups in total. The van der Waals surface area contributed by atoms with Crippen molar-refractivity contribution in [2.45, 2.75) is 65.3 Å². The molecular weight excluding hydrogens is 348 g/mol. The summed E-state index contributed by atoms with van der Waals surface area (Å²) in [5.74, 6) is 0. The third-order valence-corrected chi connectivity index (χ3v) is 3.56. The van der Waals surface area contributed by atoms with E-state index < -0.39 is 29.4 Å². The number of nitrogens with one attached hydrogen (secondary N) is 1. The predicted molar refractivity (Wildman–Crippen MR) is 97.7 cm³/mol. The zero-order valence-electron chi connectivity index (χ0n) is 16.6. The zero-order chi connectivity index (χ0) is 20.4. The van der Waals surface area contributed by atoms with E-state index in [-0.39, 0.29) is 18.8 Å². The lowest BCUT2D eigenvalue weighted by molar-refractivity contribution is 0.0172. The first kappa shape index (κ1) is 20.5. The monoisotopic (exact) mass is 374 g/mol. The van der Waals surface area contributed by atoms with Gasteiger partial charge in [0.1, 0.15) is 23.0 Å². The van der Waals surface area contributed by atoms with Crippen molar-refractivity contribution in [3.8, 4) is 6.07 Å². The fourth-order valence-corrected chi connectivity index (χ4v) is 2.61. The number of hydrogen-bond donors (Lipinski definition) is 1. The molecule has 0 aliphatic carbocycles. The second kappa shape index (κ2) is 7.43. The van der Waals surface area contributed by atoms with Crippen LogP contribution in [0.25, 0.3) is 0 Å². The summed E-state index contributed by atoms with van der Waals surface area (Å²) in [7, 11) is 0. The number of ether oxygens (including phenoxy) is 2. The molecular formula is C19H26N4O4. The Kier molecular flexibility index (Phi) is 5.64. The summed E-state index contributed by atoms with van der Waals surface area (Å²) in [6.45, 7) is 11.1. The number of nitrogens with zero attached hydrogens (tertiary/aromatic N) is 3. The zero-order valence-corrected chi connectivity index (χ0v) is 16.6. The molecule has 0 saturated heterocycles. The molecule has 0 radical (unpaired) electrons. The Bertz CT molecular complexity index is 771. The van der Waals surface area contributed by atoms with Crippen molar-refractivity contribution in [2.24, 2.45) is 0 Å². The van der Waals surface area contributed by atoms with Gasteiger partial charge in [0.15, 0.2) is 0 Å². The number of carbonyl (C=O) groups is 2. The molecule has 0 fully saturated rings. The van der Waals surface area contributed by atoms with Crippen LogP contribution in [0.5, 0.6) is 0 Å². The van der Waals surface area contributed by atoms with Crippen molar-refractivity contribution >= 4 is 12.2 Å². The Morgan fingerprint density at radius 2 is 1.81 bits per heavy atom. The molecule has 0 saturated carbocycles. The van der Waals surface area contributed by atoms with E-state index in [1.54, 1.807) is 53.7 Å². The third kappa shape index (κ3) is 5.84. The maximum absolute atomic E-state index is 12.5. The maximum Gasteiger partial charge on any atom is 0.410 e. The van der Waals surface area contributed by atoms with E-state index in [1.165, 1.54) is 4.90 Å². The van der Waals surface area contributed by atoms with Gasteiger partial charge >= 0.3 is 12.2 Å². The highest BCUT2D eigenvalue weighted by atomic mass is 16.6. The first-order valence-corrected chi connectivity index (χ1v) is 8.75. The number of nitriles is 1.